The molecule has 0 fully saturated rings. The molecule has 0 aromatic heterocycles. The Bertz CT molecular complexity index is 95.6. The minimum atomic E-state index is -1.40. The third-order valence-electron chi connectivity index (χ3n) is 1.44. The Morgan fingerprint density at radius 2 is 1.80 bits per heavy atom. The van der Waals surface area contributed by atoms with Gasteiger partial charge in [-0.15, -0.1) is 0 Å². The molecule has 0 aromatic rings. The first kappa shape index (κ1) is 10.4. The van der Waals surface area contributed by atoms with Crippen LogP contribution in [-0.4, -0.2) is 6.16 Å². The van der Waals surface area contributed by atoms with Crippen LogP contribution in [0.3, 0.4) is 0 Å². The van der Waals surface area contributed by atoms with Crippen LogP contribution >= 0.6 is 18.4 Å². The van der Waals surface area contributed by atoms with Gasteiger partial charge in [-0.2, -0.15) is 0 Å². The maximum absolute atomic E-state index is 10.4. The second kappa shape index (κ2) is 7.50. The molecule has 3 heteroatoms. The van der Waals surface area contributed by atoms with Crippen molar-refractivity contribution in [2.45, 2.75) is 39.0 Å². The molecule has 0 aromatic carbocycles. The zero-order valence-electron chi connectivity index (χ0n) is 6.48. The molecule has 0 aliphatic rings. The van der Waals surface area contributed by atoms with Gasteiger partial charge >= 0.3 is 7.15 Å². The van der Waals surface area contributed by atoms with Crippen LogP contribution < -0.4 is 0 Å². The summed E-state index contributed by atoms with van der Waals surface area (Å²) in [6.07, 6.45) is 6.71. The predicted molar refractivity (Wildman–Crippen MR) is 47.1 cm³/mol. The fraction of sp³-hybridized carbons (Fsp3) is 1.00. The zero-order chi connectivity index (χ0) is 7.82. The summed E-state index contributed by atoms with van der Waals surface area (Å²) in [5, 5.41) is 0. The molecule has 0 aliphatic heterocycles. The fourth-order valence-electron chi connectivity index (χ4n) is 0.840. The van der Waals surface area contributed by atoms with Crippen LogP contribution in [0.15, 0.2) is 0 Å². The van der Waals surface area contributed by atoms with Crippen molar-refractivity contribution in [3.05, 3.63) is 0 Å². The molecule has 0 heterocycles. The SMILES string of the molecule is CCCCCCC[P+](=O)Cl. The number of halogens is 1. The van der Waals surface area contributed by atoms with E-state index in [-0.39, 0.29) is 0 Å². The van der Waals surface area contributed by atoms with E-state index in [0.717, 1.165) is 6.42 Å². The van der Waals surface area contributed by atoms with E-state index in [9.17, 15) is 4.57 Å². The maximum Gasteiger partial charge on any atom is 0.454 e. The largest absolute Gasteiger partial charge is 0.454 e. The first-order chi connectivity index (χ1) is 4.77. The van der Waals surface area contributed by atoms with Gasteiger partial charge in [0, 0.05) is 0 Å². The summed E-state index contributed by atoms with van der Waals surface area (Å²) in [6.45, 7) is 2.18. The van der Waals surface area contributed by atoms with Gasteiger partial charge in [0.25, 0.3) is 0 Å². The summed E-state index contributed by atoms with van der Waals surface area (Å²) in [4.78, 5) is 0. The standard InChI is InChI=1S/C7H15ClOP/c1-2-3-4-5-6-7-10(8)9/h2-7H2,1H3/q+1. The maximum atomic E-state index is 10.4. The van der Waals surface area contributed by atoms with E-state index in [2.05, 4.69) is 6.92 Å². The lowest BCUT2D eigenvalue weighted by Crippen LogP contribution is -1.78. The van der Waals surface area contributed by atoms with E-state index in [1.54, 1.807) is 0 Å². The first-order valence-corrected chi connectivity index (χ1v) is 6.22. The topological polar surface area (TPSA) is 17.1 Å². The van der Waals surface area contributed by atoms with E-state index < -0.39 is 7.15 Å². The highest BCUT2D eigenvalue weighted by atomic mass is 35.7. The van der Waals surface area contributed by atoms with Crippen molar-refractivity contribution in [2.24, 2.45) is 0 Å². The molecule has 0 aliphatic carbocycles. The Hall–Kier alpha value is 0.390. The number of hydrogen-bond acceptors (Lipinski definition) is 1. The van der Waals surface area contributed by atoms with E-state index in [1.165, 1.54) is 25.7 Å². The van der Waals surface area contributed by atoms with Crippen molar-refractivity contribution in [3.8, 4) is 0 Å². The number of rotatable bonds is 6. The van der Waals surface area contributed by atoms with E-state index >= 15 is 0 Å². The molecule has 0 saturated carbocycles. The highest BCUT2D eigenvalue weighted by Crippen LogP contribution is 2.27. The van der Waals surface area contributed by atoms with Crippen LogP contribution in [0.5, 0.6) is 0 Å². The summed E-state index contributed by atoms with van der Waals surface area (Å²) in [5.74, 6) is 0. The molecular formula is C7H15ClOP+. The Morgan fingerprint density at radius 3 is 2.30 bits per heavy atom. The van der Waals surface area contributed by atoms with Gasteiger partial charge in [0.15, 0.2) is 6.16 Å². The van der Waals surface area contributed by atoms with Crippen LogP contribution in [0.25, 0.3) is 0 Å². The monoisotopic (exact) mass is 181 g/mol. The second-order valence-corrected chi connectivity index (χ2v) is 4.67. The Morgan fingerprint density at radius 1 is 1.20 bits per heavy atom. The summed E-state index contributed by atoms with van der Waals surface area (Å²) >= 11 is 5.30. The van der Waals surface area contributed by atoms with Crippen molar-refractivity contribution in [2.75, 3.05) is 6.16 Å². The molecule has 0 rings (SSSR count). The van der Waals surface area contributed by atoms with Gasteiger partial charge in [0.1, 0.15) is 0 Å². The molecule has 0 radical (unpaired) electrons. The van der Waals surface area contributed by atoms with Gasteiger partial charge in [-0.3, -0.25) is 0 Å². The van der Waals surface area contributed by atoms with Crippen molar-refractivity contribution in [3.63, 3.8) is 0 Å². The molecule has 0 spiro atoms. The summed E-state index contributed by atoms with van der Waals surface area (Å²) in [5.41, 5.74) is 0. The minimum Gasteiger partial charge on any atom is -0.0654 e. The molecular weight excluding hydrogens is 167 g/mol. The van der Waals surface area contributed by atoms with Crippen molar-refractivity contribution >= 4 is 18.4 Å². The Balaban J connectivity index is 2.84. The summed E-state index contributed by atoms with van der Waals surface area (Å²) < 4.78 is 10.4. The molecule has 0 N–H and O–H groups in total. The number of unbranched alkanes of at least 4 members (excludes halogenated alkanes) is 4. The molecule has 1 nitrogen and oxygen atoms in total. The van der Waals surface area contributed by atoms with Crippen LogP contribution in [0.2, 0.25) is 0 Å². The second-order valence-electron chi connectivity index (χ2n) is 2.46. The lowest BCUT2D eigenvalue weighted by Gasteiger charge is -1.91. The minimum absolute atomic E-state index is 0.695. The van der Waals surface area contributed by atoms with Crippen molar-refractivity contribution in [1.29, 1.82) is 0 Å². The van der Waals surface area contributed by atoms with Crippen LogP contribution in [0, 0.1) is 0 Å². The van der Waals surface area contributed by atoms with Gasteiger partial charge < -0.3 is 0 Å². The van der Waals surface area contributed by atoms with Crippen LogP contribution in [-0.2, 0) is 4.57 Å². The van der Waals surface area contributed by atoms with Gasteiger partial charge in [-0.25, -0.2) is 0 Å². The molecule has 0 amide bonds. The average molecular weight is 182 g/mol. The molecule has 0 saturated heterocycles. The van der Waals surface area contributed by atoms with E-state index in [4.69, 9.17) is 11.2 Å². The third-order valence-corrected chi connectivity index (χ3v) is 2.61. The Labute approximate surface area is 68.7 Å². The molecule has 1 unspecified atom stereocenters. The van der Waals surface area contributed by atoms with Crippen LogP contribution in [0.1, 0.15) is 39.0 Å². The summed E-state index contributed by atoms with van der Waals surface area (Å²) in [6, 6.07) is 0. The van der Waals surface area contributed by atoms with E-state index in [1.807, 2.05) is 0 Å². The normalized spacial score (nSPS) is 11.6. The average Bonchev–Trinajstić information content (AvgIpc) is 1.87. The fourth-order valence-corrected chi connectivity index (χ4v) is 1.67. The lowest BCUT2D eigenvalue weighted by atomic mass is 10.2. The molecule has 60 valence electrons. The molecule has 10 heavy (non-hydrogen) atoms. The van der Waals surface area contributed by atoms with Gasteiger partial charge in [-0.1, -0.05) is 30.8 Å². The third kappa shape index (κ3) is 8.39. The molecule has 0 bridgehead atoms. The zero-order valence-corrected chi connectivity index (χ0v) is 8.13. The molecule has 1 atom stereocenters. The lowest BCUT2D eigenvalue weighted by molar-refractivity contribution is 0.590. The van der Waals surface area contributed by atoms with Crippen molar-refractivity contribution < 1.29 is 4.57 Å². The van der Waals surface area contributed by atoms with Crippen LogP contribution in [0.4, 0.5) is 0 Å². The summed E-state index contributed by atoms with van der Waals surface area (Å²) in [7, 11) is -1.40. The Kier molecular flexibility index (Phi) is 7.79. The smallest absolute Gasteiger partial charge is 0.0654 e. The van der Waals surface area contributed by atoms with Gasteiger partial charge in [0.2, 0.25) is 11.2 Å². The van der Waals surface area contributed by atoms with Gasteiger partial charge in [0.05, 0.1) is 0 Å². The number of hydrogen-bond donors (Lipinski definition) is 0. The van der Waals surface area contributed by atoms with E-state index in [0.29, 0.717) is 6.16 Å². The highest BCUT2D eigenvalue weighted by Gasteiger charge is 2.07. The quantitative estimate of drug-likeness (QED) is 0.448. The highest BCUT2D eigenvalue weighted by molar-refractivity contribution is 7.73. The van der Waals surface area contributed by atoms with Crippen molar-refractivity contribution in [1.82, 2.24) is 0 Å². The predicted octanol–water partition coefficient (Wildman–Crippen LogP) is 3.94. The van der Waals surface area contributed by atoms with Gasteiger partial charge in [-0.05, 0) is 12.8 Å². The first-order valence-electron chi connectivity index (χ1n) is 3.87.